The van der Waals surface area contributed by atoms with Gasteiger partial charge in [0, 0.05) is 14.5 Å². The Kier molecular flexibility index (Phi) is 9.87. The summed E-state index contributed by atoms with van der Waals surface area (Å²) in [6, 6.07) is 0. The van der Waals surface area contributed by atoms with E-state index < -0.39 is 0 Å². The van der Waals surface area contributed by atoms with Crippen molar-refractivity contribution in [2.75, 3.05) is 46.4 Å². The van der Waals surface area contributed by atoms with E-state index in [0.717, 1.165) is 32.8 Å². The average molecular weight is 190 g/mol. The number of rotatable bonds is 4. The van der Waals surface area contributed by atoms with E-state index in [2.05, 4.69) is 10.2 Å². The van der Waals surface area contributed by atoms with Gasteiger partial charge in [0.1, 0.15) is 0 Å². The van der Waals surface area contributed by atoms with Crippen molar-refractivity contribution in [3.63, 3.8) is 0 Å². The quantitative estimate of drug-likeness (QED) is 0.674. The summed E-state index contributed by atoms with van der Waals surface area (Å²) in [4.78, 5) is 2.46. The molecule has 1 aliphatic heterocycles. The number of nitrogens with one attached hydrogen (secondary N) is 1. The van der Waals surface area contributed by atoms with E-state index in [1.807, 2.05) is 20.9 Å². The third kappa shape index (κ3) is 6.99. The Balaban J connectivity index is 0. The van der Waals surface area contributed by atoms with Crippen molar-refractivity contribution in [1.82, 2.24) is 10.2 Å². The van der Waals surface area contributed by atoms with Crippen LogP contribution in [0.2, 0.25) is 0 Å². The summed E-state index contributed by atoms with van der Waals surface area (Å²) in [6.07, 6.45) is 1.25. The molecule has 0 amide bonds. The zero-order valence-electron chi connectivity index (χ0n) is 9.31. The second-order valence-electron chi connectivity index (χ2n) is 2.91. The predicted octanol–water partition coefficient (Wildman–Crippen LogP) is 1.20. The van der Waals surface area contributed by atoms with Gasteiger partial charge in [-0.1, -0.05) is 13.8 Å². The Hall–Kier alpha value is -0.120. The molecule has 0 aromatic rings. The molecule has 3 nitrogen and oxygen atoms in total. The van der Waals surface area contributed by atoms with Crippen molar-refractivity contribution in [3.8, 4) is 0 Å². The highest BCUT2D eigenvalue weighted by Gasteiger charge is 2.08. The average Bonchev–Trinajstić information content (AvgIpc) is 2.23. The van der Waals surface area contributed by atoms with Gasteiger partial charge >= 0.3 is 0 Å². The number of morpholine rings is 1. The Bertz CT molecular complexity index is 98.1. The fraction of sp³-hybridized carbons (Fsp3) is 1.00. The first-order valence-electron chi connectivity index (χ1n) is 5.38. The lowest BCUT2D eigenvalue weighted by atomic mass is 10.3. The first kappa shape index (κ1) is 12.9. The lowest BCUT2D eigenvalue weighted by Crippen LogP contribution is -2.37. The molecule has 0 unspecified atom stereocenters. The van der Waals surface area contributed by atoms with Crippen LogP contribution in [-0.2, 0) is 4.74 Å². The van der Waals surface area contributed by atoms with Crippen molar-refractivity contribution >= 4 is 0 Å². The zero-order valence-corrected chi connectivity index (χ0v) is 9.31. The maximum atomic E-state index is 5.25. The molecule has 1 N–H and O–H groups in total. The summed E-state index contributed by atoms with van der Waals surface area (Å²) in [6.45, 7) is 10.4. The van der Waals surface area contributed by atoms with E-state index >= 15 is 0 Å². The minimum Gasteiger partial charge on any atom is -0.379 e. The van der Waals surface area contributed by atoms with Gasteiger partial charge < -0.3 is 10.1 Å². The van der Waals surface area contributed by atoms with Crippen LogP contribution in [0.3, 0.4) is 0 Å². The summed E-state index contributed by atoms with van der Waals surface area (Å²) >= 11 is 0. The second-order valence-corrected chi connectivity index (χ2v) is 2.91. The van der Waals surface area contributed by atoms with Crippen molar-refractivity contribution in [2.45, 2.75) is 20.3 Å². The van der Waals surface area contributed by atoms with Crippen LogP contribution in [0.1, 0.15) is 21.7 Å². The molecule has 0 radical (unpaired) electrons. The van der Waals surface area contributed by atoms with Gasteiger partial charge in [0.2, 0.25) is 0 Å². The molecule has 1 rings (SSSR count). The van der Waals surface area contributed by atoms with Gasteiger partial charge in [-0.15, -0.1) is 0 Å². The minimum absolute atomic E-state index is 0. The maximum absolute atomic E-state index is 5.25. The molecule has 0 aliphatic carbocycles. The normalized spacial score (nSPS) is 17.8. The van der Waals surface area contributed by atoms with Gasteiger partial charge in [0.05, 0.1) is 13.2 Å². The molecule has 1 fully saturated rings. The van der Waals surface area contributed by atoms with Crippen LogP contribution in [0.5, 0.6) is 0 Å². The highest BCUT2D eigenvalue weighted by molar-refractivity contribution is 4.61. The van der Waals surface area contributed by atoms with Crippen LogP contribution >= 0.6 is 0 Å². The van der Waals surface area contributed by atoms with Crippen LogP contribution in [0.25, 0.3) is 0 Å². The second kappa shape index (κ2) is 9.96. The van der Waals surface area contributed by atoms with Crippen LogP contribution in [-0.4, -0.2) is 51.3 Å². The Morgan fingerprint density at radius 1 is 1.31 bits per heavy atom. The van der Waals surface area contributed by atoms with E-state index in [0.29, 0.717) is 0 Å². The van der Waals surface area contributed by atoms with E-state index in [4.69, 9.17) is 4.74 Å². The first-order valence-corrected chi connectivity index (χ1v) is 5.38. The molecule has 0 bridgehead atoms. The monoisotopic (exact) mass is 190 g/mol. The molecule has 3 heteroatoms. The molecule has 13 heavy (non-hydrogen) atoms. The largest absolute Gasteiger partial charge is 0.379 e. The number of ether oxygens (including phenoxy) is 1. The lowest BCUT2D eigenvalue weighted by Gasteiger charge is -2.26. The molecule has 1 heterocycles. The van der Waals surface area contributed by atoms with Crippen LogP contribution < -0.4 is 5.32 Å². The molecule has 0 aromatic carbocycles. The topological polar surface area (TPSA) is 24.5 Å². The fourth-order valence-corrected chi connectivity index (χ4v) is 1.30. The van der Waals surface area contributed by atoms with Gasteiger partial charge in [-0.2, -0.15) is 0 Å². The highest BCUT2D eigenvalue weighted by Crippen LogP contribution is 1.96. The third-order valence-corrected chi connectivity index (χ3v) is 2.00. The summed E-state index contributed by atoms with van der Waals surface area (Å²) < 4.78 is 5.25. The number of hydrogen-bond donors (Lipinski definition) is 1. The van der Waals surface area contributed by atoms with Gasteiger partial charge in [-0.05, 0) is 26.6 Å². The summed E-state index contributed by atoms with van der Waals surface area (Å²) in [7, 11) is 2.00. The smallest absolute Gasteiger partial charge is 0.0594 e. The lowest BCUT2D eigenvalue weighted by molar-refractivity contribution is 0.0375. The summed E-state index contributed by atoms with van der Waals surface area (Å²) in [5.41, 5.74) is 0. The summed E-state index contributed by atoms with van der Waals surface area (Å²) in [5.74, 6) is 0. The Labute approximate surface area is 83.9 Å². The molecule has 1 aliphatic rings. The van der Waals surface area contributed by atoms with Crippen LogP contribution in [0, 0.1) is 0 Å². The van der Waals surface area contributed by atoms with E-state index in [1.165, 1.54) is 13.0 Å². The van der Waals surface area contributed by atoms with Gasteiger partial charge in [0.25, 0.3) is 0 Å². The van der Waals surface area contributed by atoms with Crippen LogP contribution in [0.4, 0.5) is 0 Å². The van der Waals surface area contributed by atoms with E-state index in [9.17, 15) is 0 Å². The van der Waals surface area contributed by atoms with Gasteiger partial charge in [-0.25, -0.2) is 0 Å². The Morgan fingerprint density at radius 2 is 1.92 bits per heavy atom. The molecular formula is C10H26N2O. The van der Waals surface area contributed by atoms with Crippen molar-refractivity contribution < 1.29 is 6.16 Å². The minimum atomic E-state index is 0. The molecule has 0 saturated carbocycles. The number of nitrogens with zero attached hydrogens (tertiary/aromatic N) is 1. The predicted molar refractivity (Wildman–Crippen MR) is 59.3 cm³/mol. The molecule has 0 spiro atoms. The van der Waals surface area contributed by atoms with E-state index in [-0.39, 0.29) is 1.43 Å². The Morgan fingerprint density at radius 3 is 2.46 bits per heavy atom. The van der Waals surface area contributed by atoms with Crippen LogP contribution in [0.15, 0.2) is 0 Å². The first-order chi connectivity index (χ1) is 6.43. The standard InChI is InChI=1S/C8H18N2O.C2H6.H2/c1-9-3-2-4-10-5-7-11-8-6-10;1-2;/h9H,2-8H2,1H3;1-2H3;1H. The molecule has 0 atom stereocenters. The molecule has 1 saturated heterocycles. The van der Waals surface area contributed by atoms with Gasteiger partial charge in [0.15, 0.2) is 0 Å². The SMILES string of the molecule is CC.CNCCCN1CCOCC1.[HH]. The highest BCUT2D eigenvalue weighted by atomic mass is 16.5. The molecule has 0 aromatic heterocycles. The van der Waals surface area contributed by atoms with Crippen molar-refractivity contribution in [1.29, 1.82) is 0 Å². The van der Waals surface area contributed by atoms with Crippen molar-refractivity contribution in [3.05, 3.63) is 0 Å². The maximum Gasteiger partial charge on any atom is 0.0594 e. The molecular weight excluding hydrogens is 164 g/mol. The molecule has 82 valence electrons. The number of hydrogen-bond acceptors (Lipinski definition) is 3. The van der Waals surface area contributed by atoms with E-state index in [1.54, 1.807) is 0 Å². The van der Waals surface area contributed by atoms with Gasteiger partial charge in [-0.3, -0.25) is 4.90 Å². The fourth-order valence-electron chi connectivity index (χ4n) is 1.30. The summed E-state index contributed by atoms with van der Waals surface area (Å²) in [5, 5.41) is 3.15. The van der Waals surface area contributed by atoms with Crippen molar-refractivity contribution in [2.24, 2.45) is 0 Å². The third-order valence-electron chi connectivity index (χ3n) is 2.00. The zero-order chi connectivity index (χ0) is 9.94.